The van der Waals surface area contributed by atoms with E-state index in [4.69, 9.17) is 4.74 Å². The molecule has 39 heavy (non-hydrogen) atoms. The van der Waals surface area contributed by atoms with E-state index in [1.807, 2.05) is 48.5 Å². The second-order valence-electron chi connectivity index (χ2n) is 10.7. The molecule has 1 unspecified atom stereocenters. The third-order valence-electron chi connectivity index (χ3n) is 6.43. The predicted molar refractivity (Wildman–Crippen MR) is 143 cm³/mol. The predicted octanol–water partition coefficient (Wildman–Crippen LogP) is 2.28. The van der Waals surface area contributed by atoms with E-state index >= 15 is 0 Å². The van der Waals surface area contributed by atoms with E-state index in [9.17, 15) is 19.2 Å². The first-order valence-corrected chi connectivity index (χ1v) is 12.9. The van der Waals surface area contributed by atoms with Crippen molar-refractivity contribution in [1.82, 2.24) is 30.5 Å². The van der Waals surface area contributed by atoms with Crippen LogP contribution in [0.15, 0.2) is 48.5 Å². The van der Waals surface area contributed by atoms with Crippen LogP contribution < -0.4 is 10.6 Å². The van der Waals surface area contributed by atoms with Gasteiger partial charge in [0.25, 0.3) is 0 Å². The number of ether oxygens (including phenoxy) is 1. The number of amides is 3. The van der Waals surface area contributed by atoms with Crippen LogP contribution in [0, 0.1) is 0 Å². The van der Waals surface area contributed by atoms with Gasteiger partial charge in [-0.15, -0.1) is 5.10 Å². The van der Waals surface area contributed by atoms with E-state index < -0.39 is 35.6 Å². The van der Waals surface area contributed by atoms with Crippen molar-refractivity contribution in [3.63, 3.8) is 0 Å². The number of likely N-dealkylation sites (tertiary alicyclic amines) is 1. The molecule has 2 aromatic carbocycles. The Morgan fingerprint density at radius 3 is 2.56 bits per heavy atom. The number of carbonyl (C=O) groups is 4. The summed E-state index contributed by atoms with van der Waals surface area (Å²) < 4.78 is 7.03. The highest BCUT2D eigenvalue weighted by atomic mass is 16.6. The summed E-state index contributed by atoms with van der Waals surface area (Å²) in [4.78, 5) is 53.1. The molecule has 3 amide bonds. The number of rotatable bonds is 8. The maximum atomic E-state index is 13.7. The number of carbonyl (C=O) groups excluding carboxylic acids is 4. The number of aromatic nitrogens is 3. The van der Waals surface area contributed by atoms with Crippen LogP contribution in [0.3, 0.4) is 0 Å². The number of fused-ring (bicyclic) bond motifs is 1. The largest absolute Gasteiger partial charge is 0.444 e. The van der Waals surface area contributed by atoms with Crippen molar-refractivity contribution in [1.29, 1.82) is 0 Å². The molecule has 1 saturated heterocycles. The van der Waals surface area contributed by atoms with Crippen molar-refractivity contribution in [2.24, 2.45) is 7.05 Å². The third-order valence-corrected chi connectivity index (χ3v) is 6.43. The van der Waals surface area contributed by atoms with Gasteiger partial charge in [0.2, 0.25) is 11.8 Å². The zero-order valence-electron chi connectivity index (χ0n) is 22.6. The van der Waals surface area contributed by atoms with E-state index in [2.05, 4.69) is 20.9 Å². The van der Waals surface area contributed by atoms with E-state index in [1.54, 1.807) is 32.5 Å². The van der Waals surface area contributed by atoms with E-state index in [0.29, 0.717) is 11.9 Å². The number of hydrogen-bond acceptors (Lipinski definition) is 7. The average Bonchev–Trinajstić information content (AvgIpc) is 3.46. The van der Waals surface area contributed by atoms with Crippen molar-refractivity contribution < 1.29 is 23.9 Å². The molecular weight excluding hydrogens is 500 g/mol. The van der Waals surface area contributed by atoms with Crippen LogP contribution in [0.1, 0.15) is 44.7 Å². The summed E-state index contributed by atoms with van der Waals surface area (Å²) in [6, 6.07) is 13.2. The highest BCUT2D eigenvalue weighted by Crippen LogP contribution is 2.19. The van der Waals surface area contributed by atoms with Gasteiger partial charge in [0.15, 0.2) is 5.78 Å². The smallest absolute Gasteiger partial charge is 0.408 e. The van der Waals surface area contributed by atoms with E-state index in [0.717, 1.165) is 16.6 Å². The van der Waals surface area contributed by atoms with Crippen LogP contribution in [-0.2, 0) is 39.1 Å². The van der Waals surface area contributed by atoms with Crippen LogP contribution in [-0.4, -0.2) is 67.8 Å². The molecule has 0 bridgehead atoms. The number of alkyl carbamates (subject to hydrolysis) is 1. The molecule has 4 rings (SSSR count). The first kappa shape index (κ1) is 27.7. The first-order chi connectivity index (χ1) is 18.5. The number of nitrogens with one attached hydrogen (secondary N) is 2. The maximum Gasteiger partial charge on any atom is 0.408 e. The van der Waals surface area contributed by atoms with Crippen molar-refractivity contribution >= 4 is 34.7 Å². The molecule has 0 saturated carbocycles. The minimum atomic E-state index is -0.972. The van der Waals surface area contributed by atoms with Crippen molar-refractivity contribution in [2.45, 2.75) is 64.3 Å². The van der Waals surface area contributed by atoms with Crippen molar-refractivity contribution in [3.8, 4) is 0 Å². The summed E-state index contributed by atoms with van der Waals surface area (Å²) in [6.07, 6.45) is -0.0335. The summed E-state index contributed by atoms with van der Waals surface area (Å²) in [5, 5.41) is 13.6. The normalized spacial score (nSPS) is 16.3. The summed E-state index contributed by atoms with van der Waals surface area (Å²) in [7, 11) is 1.80. The van der Waals surface area contributed by atoms with Crippen LogP contribution >= 0.6 is 0 Å². The molecule has 2 N–H and O–H groups in total. The summed E-state index contributed by atoms with van der Waals surface area (Å²) in [5.41, 5.74) is 2.62. The van der Waals surface area contributed by atoms with Gasteiger partial charge in [-0.2, -0.15) is 0 Å². The number of Topliss-reactive ketones (excluding diaryl/α,β-unsaturated/α-hetero) is 1. The van der Waals surface area contributed by atoms with Gasteiger partial charge in [0.1, 0.15) is 23.2 Å². The van der Waals surface area contributed by atoms with Gasteiger partial charge in [-0.05, 0) is 56.9 Å². The first-order valence-electron chi connectivity index (χ1n) is 12.9. The molecule has 1 aliphatic heterocycles. The Bertz CT molecular complexity index is 1360. The topological polar surface area (TPSA) is 136 Å². The number of aryl methyl sites for hydroxylation is 2. The maximum absolute atomic E-state index is 13.7. The standard InChI is InChI=1S/C28H34N6O5/c1-28(2,3)39-27(38)30-21(12-10-18-8-6-5-7-9-18)26(37)34-17-20(35)15-24(34)25(36)29-16-19-11-13-23-22(14-19)31-32-33(23)4/h5-9,11,13-14,21,24H,10,12,15-17H2,1-4H3,(H,29,36)(H,30,38)/t21?,24-/m0/s1. The number of benzene rings is 2. The molecule has 2 heterocycles. The number of ketones is 1. The Labute approximate surface area is 226 Å². The van der Waals surface area contributed by atoms with Crippen LogP contribution in [0.2, 0.25) is 0 Å². The lowest BCUT2D eigenvalue weighted by molar-refractivity contribution is -0.140. The Morgan fingerprint density at radius 1 is 1.10 bits per heavy atom. The second kappa shape index (κ2) is 11.6. The molecule has 11 nitrogen and oxygen atoms in total. The summed E-state index contributed by atoms with van der Waals surface area (Å²) in [6.45, 7) is 5.20. The molecular formula is C28H34N6O5. The number of nitrogens with zero attached hydrogens (tertiary/aromatic N) is 4. The zero-order chi connectivity index (χ0) is 28.2. The van der Waals surface area contributed by atoms with Gasteiger partial charge in [0.05, 0.1) is 12.1 Å². The van der Waals surface area contributed by atoms with Gasteiger partial charge in [0, 0.05) is 20.0 Å². The zero-order valence-corrected chi connectivity index (χ0v) is 22.6. The SMILES string of the molecule is Cn1nnc2cc(CNC(=O)[C@@H]3CC(=O)CN3C(=O)C(CCc3ccccc3)NC(=O)OC(C)(C)C)ccc21. The molecule has 1 aromatic heterocycles. The highest BCUT2D eigenvalue weighted by molar-refractivity contribution is 6.00. The molecule has 2 atom stereocenters. The fourth-order valence-corrected chi connectivity index (χ4v) is 4.52. The molecule has 11 heteroatoms. The molecule has 206 valence electrons. The van der Waals surface area contributed by atoms with Gasteiger partial charge >= 0.3 is 6.09 Å². The van der Waals surface area contributed by atoms with Gasteiger partial charge < -0.3 is 20.3 Å². The third kappa shape index (κ3) is 7.18. The Balaban J connectivity index is 1.46. The lowest BCUT2D eigenvalue weighted by Crippen LogP contribution is -2.54. The number of hydrogen-bond donors (Lipinski definition) is 2. The fraction of sp³-hybridized carbons (Fsp3) is 0.429. The van der Waals surface area contributed by atoms with E-state index in [1.165, 1.54) is 4.90 Å². The van der Waals surface area contributed by atoms with Gasteiger partial charge in [-0.1, -0.05) is 41.6 Å². The highest BCUT2D eigenvalue weighted by Gasteiger charge is 2.41. The van der Waals surface area contributed by atoms with Crippen molar-refractivity contribution in [2.75, 3.05) is 6.54 Å². The average molecular weight is 535 g/mol. The molecule has 0 aliphatic carbocycles. The Kier molecular flexibility index (Phi) is 8.27. The second-order valence-corrected chi connectivity index (χ2v) is 10.7. The van der Waals surface area contributed by atoms with E-state index in [-0.39, 0.29) is 31.7 Å². The van der Waals surface area contributed by atoms with Crippen LogP contribution in [0.25, 0.3) is 11.0 Å². The quantitative estimate of drug-likeness (QED) is 0.453. The molecule has 0 spiro atoms. The van der Waals surface area contributed by atoms with Gasteiger partial charge in [-0.25, -0.2) is 9.48 Å². The van der Waals surface area contributed by atoms with Gasteiger partial charge in [-0.3, -0.25) is 14.4 Å². The summed E-state index contributed by atoms with van der Waals surface area (Å²) in [5.74, 6) is -1.15. The van der Waals surface area contributed by atoms with Crippen LogP contribution in [0.5, 0.6) is 0 Å². The Morgan fingerprint density at radius 2 is 1.85 bits per heavy atom. The van der Waals surface area contributed by atoms with Crippen LogP contribution in [0.4, 0.5) is 4.79 Å². The lowest BCUT2D eigenvalue weighted by atomic mass is 10.0. The molecule has 0 radical (unpaired) electrons. The lowest BCUT2D eigenvalue weighted by Gasteiger charge is -2.29. The Hall–Kier alpha value is -4.28. The molecule has 3 aromatic rings. The van der Waals surface area contributed by atoms with Crippen molar-refractivity contribution in [3.05, 3.63) is 59.7 Å². The fourth-order valence-electron chi connectivity index (χ4n) is 4.52. The molecule has 1 aliphatic rings. The monoisotopic (exact) mass is 534 g/mol. The minimum absolute atomic E-state index is 0.0847. The molecule has 1 fully saturated rings. The minimum Gasteiger partial charge on any atom is -0.444 e. The summed E-state index contributed by atoms with van der Waals surface area (Å²) >= 11 is 0.